The number of carbonyl (C=O) groups excluding carboxylic acids is 1. The highest BCUT2D eigenvalue weighted by Gasteiger charge is 2.15. The van der Waals surface area contributed by atoms with Crippen molar-refractivity contribution in [1.82, 2.24) is 15.1 Å². The molecule has 0 fully saturated rings. The van der Waals surface area contributed by atoms with Crippen LogP contribution in [0.3, 0.4) is 0 Å². The van der Waals surface area contributed by atoms with Crippen LogP contribution >= 0.6 is 0 Å². The van der Waals surface area contributed by atoms with Crippen molar-refractivity contribution < 1.29 is 9.00 Å². The van der Waals surface area contributed by atoms with Crippen LogP contribution in [0.4, 0.5) is 0 Å². The molecule has 23 heavy (non-hydrogen) atoms. The van der Waals surface area contributed by atoms with Crippen molar-refractivity contribution in [2.75, 3.05) is 12.8 Å². The van der Waals surface area contributed by atoms with E-state index < -0.39 is 10.8 Å². The number of hydrogen-bond donors (Lipinski definition) is 1. The van der Waals surface area contributed by atoms with Crippen LogP contribution in [0.15, 0.2) is 24.3 Å². The summed E-state index contributed by atoms with van der Waals surface area (Å²) < 4.78 is 13.1. The number of aryl methyl sites for hydroxylation is 3. The molecule has 0 spiro atoms. The highest BCUT2D eigenvalue weighted by atomic mass is 32.2. The first-order chi connectivity index (χ1) is 10.8. The second-order valence-corrected chi connectivity index (χ2v) is 7.75. The van der Waals surface area contributed by atoms with Crippen LogP contribution in [0, 0.1) is 20.8 Å². The van der Waals surface area contributed by atoms with Gasteiger partial charge in [0, 0.05) is 34.5 Å². The highest BCUT2D eigenvalue weighted by molar-refractivity contribution is 7.84. The Balaban J connectivity index is 2.20. The van der Waals surface area contributed by atoms with Crippen LogP contribution in [0.25, 0.3) is 5.69 Å². The quantitative estimate of drug-likeness (QED) is 0.913. The van der Waals surface area contributed by atoms with E-state index in [1.54, 1.807) is 17.0 Å². The van der Waals surface area contributed by atoms with Crippen molar-refractivity contribution >= 4 is 16.7 Å². The highest BCUT2D eigenvalue weighted by Crippen LogP contribution is 2.16. The minimum absolute atomic E-state index is 0.0819. The molecule has 0 radical (unpaired) electrons. The number of hydrogen-bond acceptors (Lipinski definition) is 3. The number of rotatable bonds is 5. The molecular formula is C17H23N3O2S. The number of amides is 1. The van der Waals surface area contributed by atoms with Crippen LogP contribution in [0.5, 0.6) is 0 Å². The molecule has 0 unspecified atom stereocenters. The number of carbonyl (C=O) groups is 1. The van der Waals surface area contributed by atoms with Gasteiger partial charge in [-0.25, -0.2) is 4.68 Å². The maximum atomic E-state index is 12.2. The Kier molecular flexibility index (Phi) is 5.36. The van der Waals surface area contributed by atoms with Gasteiger partial charge in [-0.05, 0) is 57.0 Å². The van der Waals surface area contributed by atoms with Crippen molar-refractivity contribution in [3.05, 3.63) is 46.8 Å². The molecule has 0 aliphatic rings. The number of nitrogens with zero attached hydrogens (tertiary/aromatic N) is 2. The Morgan fingerprint density at radius 2 is 1.83 bits per heavy atom. The third-order valence-electron chi connectivity index (χ3n) is 3.69. The Morgan fingerprint density at radius 3 is 2.39 bits per heavy atom. The molecule has 2 aromatic rings. The summed E-state index contributed by atoms with van der Waals surface area (Å²) >= 11 is 0. The van der Waals surface area contributed by atoms with Crippen molar-refractivity contribution in [2.24, 2.45) is 0 Å². The fourth-order valence-electron chi connectivity index (χ4n) is 2.36. The van der Waals surface area contributed by atoms with Gasteiger partial charge in [0.25, 0.3) is 5.91 Å². The van der Waals surface area contributed by atoms with Gasteiger partial charge < -0.3 is 5.32 Å². The molecule has 6 heteroatoms. The molecule has 1 N–H and O–H groups in total. The zero-order valence-corrected chi connectivity index (χ0v) is 15.0. The molecule has 5 nitrogen and oxygen atoms in total. The average Bonchev–Trinajstić information content (AvgIpc) is 2.85. The van der Waals surface area contributed by atoms with Crippen LogP contribution in [0.2, 0.25) is 0 Å². The molecule has 1 aromatic carbocycles. The molecule has 1 heterocycles. The predicted molar refractivity (Wildman–Crippen MR) is 93.6 cm³/mol. The van der Waals surface area contributed by atoms with E-state index >= 15 is 0 Å². The molecule has 0 bridgehead atoms. The zero-order valence-electron chi connectivity index (χ0n) is 14.2. The Hall–Kier alpha value is -1.95. The van der Waals surface area contributed by atoms with E-state index in [9.17, 15) is 9.00 Å². The maximum Gasteiger partial charge on any atom is 0.271 e. The van der Waals surface area contributed by atoms with Gasteiger partial charge in [-0.2, -0.15) is 5.10 Å². The summed E-state index contributed by atoms with van der Waals surface area (Å²) in [6.07, 6.45) is 1.63. The molecule has 0 aliphatic carbocycles. The smallest absolute Gasteiger partial charge is 0.271 e. The summed E-state index contributed by atoms with van der Waals surface area (Å²) in [5, 5.41) is 7.12. The van der Waals surface area contributed by atoms with E-state index in [1.165, 1.54) is 0 Å². The molecule has 0 aliphatic heterocycles. The van der Waals surface area contributed by atoms with Gasteiger partial charge in [0.15, 0.2) is 5.69 Å². The molecular weight excluding hydrogens is 310 g/mol. The van der Waals surface area contributed by atoms with E-state index in [0.29, 0.717) is 12.2 Å². The number of aromatic nitrogens is 2. The second kappa shape index (κ2) is 7.08. The molecule has 0 saturated heterocycles. The Morgan fingerprint density at radius 1 is 1.22 bits per heavy atom. The van der Waals surface area contributed by atoms with Gasteiger partial charge in [-0.3, -0.25) is 9.00 Å². The first-order valence-electron chi connectivity index (χ1n) is 7.53. The molecule has 2 atom stereocenters. The van der Waals surface area contributed by atoms with Gasteiger partial charge in [0.2, 0.25) is 0 Å². The fourth-order valence-corrected chi connectivity index (χ4v) is 2.68. The topological polar surface area (TPSA) is 64.0 Å². The average molecular weight is 333 g/mol. The largest absolute Gasteiger partial charge is 0.349 e. The summed E-state index contributed by atoms with van der Waals surface area (Å²) in [6.45, 7) is 8.21. The fraction of sp³-hybridized carbons (Fsp3) is 0.412. The number of nitrogens with one attached hydrogen (secondary N) is 1. The van der Waals surface area contributed by atoms with Gasteiger partial charge in [-0.15, -0.1) is 0 Å². The summed E-state index contributed by atoms with van der Waals surface area (Å²) in [5.74, 6) is -0.242. The number of benzene rings is 1. The van der Waals surface area contributed by atoms with Crippen molar-refractivity contribution in [1.29, 1.82) is 0 Å². The first kappa shape index (κ1) is 17.4. The molecule has 1 aromatic heterocycles. The minimum atomic E-state index is -0.958. The lowest BCUT2D eigenvalue weighted by molar-refractivity contribution is 0.0948. The van der Waals surface area contributed by atoms with Crippen LogP contribution in [-0.2, 0) is 10.8 Å². The minimum Gasteiger partial charge on any atom is -0.349 e. The molecule has 124 valence electrons. The SMILES string of the molecule is Cc1cc(C)cc(-n2nc(C(=O)NC[C@@H](C)[S@@](C)=O)cc2C)c1. The molecule has 1 amide bonds. The van der Waals surface area contributed by atoms with E-state index in [1.807, 2.05) is 39.8 Å². The third kappa shape index (κ3) is 4.28. The lowest BCUT2D eigenvalue weighted by Crippen LogP contribution is -2.32. The molecule has 0 saturated carbocycles. The lowest BCUT2D eigenvalue weighted by Gasteiger charge is -2.09. The standard InChI is InChI=1S/C17H23N3O2S/c1-11-6-12(2)8-15(7-11)20-13(3)9-16(19-20)17(21)18-10-14(4)23(5)22/h6-9,14H,10H2,1-5H3,(H,18,21)/t14-,23-/m1/s1. The summed E-state index contributed by atoms with van der Waals surface area (Å²) in [4.78, 5) is 12.2. The van der Waals surface area contributed by atoms with E-state index in [-0.39, 0.29) is 11.2 Å². The normalized spacial score (nSPS) is 13.6. The monoisotopic (exact) mass is 333 g/mol. The predicted octanol–water partition coefficient (Wildman–Crippen LogP) is 2.29. The van der Waals surface area contributed by atoms with Crippen LogP contribution < -0.4 is 5.32 Å². The van der Waals surface area contributed by atoms with Crippen molar-refractivity contribution in [3.63, 3.8) is 0 Å². The van der Waals surface area contributed by atoms with Gasteiger partial charge >= 0.3 is 0 Å². The van der Waals surface area contributed by atoms with Gasteiger partial charge in [-0.1, -0.05) is 6.07 Å². The molecule has 2 rings (SSSR count). The van der Waals surface area contributed by atoms with Crippen LogP contribution in [-0.4, -0.2) is 37.9 Å². The van der Waals surface area contributed by atoms with Crippen molar-refractivity contribution in [3.8, 4) is 5.69 Å². The van der Waals surface area contributed by atoms with E-state index in [2.05, 4.69) is 16.5 Å². The van der Waals surface area contributed by atoms with Gasteiger partial charge in [0.05, 0.1) is 5.69 Å². The van der Waals surface area contributed by atoms with Gasteiger partial charge in [0.1, 0.15) is 0 Å². The Bertz CT molecular complexity index is 732. The third-order valence-corrected chi connectivity index (χ3v) is 4.99. The Labute approximate surface area is 139 Å². The van der Waals surface area contributed by atoms with E-state index in [0.717, 1.165) is 22.5 Å². The zero-order chi connectivity index (χ0) is 17.1. The van der Waals surface area contributed by atoms with E-state index in [4.69, 9.17) is 0 Å². The summed E-state index contributed by atoms with van der Waals surface area (Å²) in [6, 6.07) is 7.94. The second-order valence-electron chi connectivity index (χ2n) is 5.95. The maximum absolute atomic E-state index is 12.2. The lowest BCUT2D eigenvalue weighted by atomic mass is 10.1. The van der Waals surface area contributed by atoms with Crippen LogP contribution in [0.1, 0.15) is 34.2 Å². The summed E-state index contributed by atoms with van der Waals surface area (Å²) in [7, 11) is -0.958. The van der Waals surface area contributed by atoms with Crippen molar-refractivity contribution in [2.45, 2.75) is 32.9 Å². The first-order valence-corrected chi connectivity index (χ1v) is 9.16. The summed E-state index contributed by atoms with van der Waals surface area (Å²) in [5.41, 5.74) is 4.52.